The van der Waals surface area contributed by atoms with Crippen LogP contribution < -0.4 is 19.9 Å². The molecule has 7 heteroatoms. The number of carbonyl (C=O) groups is 1. The van der Waals surface area contributed by atoms with Crippen molar-refractivity contribution in [1.82, 2.24) is 4.98 Å². The third-order valence-electron chi connectivity index (χ3n) is 5.93. The molecule has 1 N–H and O–H groups in total. The fraction of sp³-hybridized carbons (Fsp3) is 0.333. The van der Waals surface area contributed by atoms with Gasteiger partial charge < -0.3 is 24.1 Å². The molecule has 0 amide bonds. The lowest BCUT2D eigenvalue weighted by molar-refractivity contribution is 0.0526. The van der Waals surface area contributed by atoms with Gasteiger partial charge in [-0.15, -0.1) is 0 Å². The molecule has 178 valence electrons. The number of nitrogens with one attached hydrogen (secondary N) is 1. The second-order valence-corrected chi connectivity index (χ2v) is 8.27. The lowest BCUT2D eigenvalue weighted by Crippen LogP contribution is -2.18. The first-order valence-corrected chi connectivity index (χ1v) is 11.6. The van der Waals surface area contributed by atoms with E-state index in [1.54, 1.807) is 38.4 Å². The Labute approximate surface area is 199 Å². The fourth-order valence-electron chi connectivity index (χ4n) is 4.16. The molecular weight excluding hydrogens is 432 g/mol. The van der Waals surface area contributed by atoms with Crippen molar-refractivity contribution in [3.8, 4) is 11.5 Å². The highest BCUT2D eigenvalue weighted by molar-refractivity contribution is 5.90. The van der Waals surface area contributed by atoms with E-state index in [4.69, 9.17) is 14.2 Å². The van der Waals surface area contributed by atoms with E-state index in [0.29, 0.717) is 30.2 Å². The number of pyridine rings is 1. The van der Waals surface area contributed by atoms with E-state index >= 15 is 0 Å². The van der Waals surface area contributed by atoms with Crippen LogP contribution in [0.25, 0.3) is 0 Å². The Balaban J connectivity index is 1.69. The van der Waals surface area contributed by atoms with Crippen LogP contribution in [0, 0.1) is 0 Å². The van der Waals surface area contributed by atoms with Crippen LogP contribution >= 0.6 is 0 Å². The molecule has 0 spiro atoms. The summed E-state index contributed by atoms with van der Waals surface area (Å²) in [5.74, 6) is 1.05. The standard InChI is InChI=1S/C27H30N2O5/c1-3-33-27(31)20-9-11-21(12-10-20)29(18-19-8-15-26(30)28-17-19)22-13-14-24(32-2)25(16-22)34-23-6-4-5-7-23/h8-17,23H,3-7,18H2,1-2H3,(H,28,30). The summed E-state index contributed by atoms with van der Waals surface area (Å²) in [6.45, 7) is 2.62. The highest BCUT2D eigenvalue weighted by atomic mass is 16.5. The minimum Gasteiger partial charge on any atom is -0.493 e. The van der Waals surface area contributed by atoms with Gasteiger partial charge in [0.25, 0.3) is 0 Å². The van der Waals surface area contributed by atoms with Crippen LogP contribution in [-0.4, -0.2) is 30.8 Å². The Morgan fingerprint density at radius 2 is 1.74 bits per heavy atom. The van der Waals surface area contributed by atoms with Crippen molar-refractivity contribution in [1.29, 1.82) is 0 Å². The molecule has 0 aliphatic heterocycles. The van der Waals surface area contributed by atoms with Crippen LogP contribution in [0.2, 0.25) is 0 Å². The highest BCUT2D eigenvalue weighted by Crippen LogP contribution is 2.37. The van der Waals surface area contributed by atoms with Gasteiger partial charge >= 0.3 is 5.97 Å². The van der Waals surface area contributed by atoms with Gasteiger partial charge in [0.05, 0.1) is 25.4 Å². The molecule has 34 heavy (non-hydrogen) atoms. The van der Waals surface area contributed by atoms with Gasteiger partial charge in [-0.1, -0.05) is 6.07 Å². The number of H-pyrrole nitrogens is 1. The second kappa shape index (κ2) is 10.9. The molecule has 7 nitrogen and oxygen atoms in total. The zero-order chi connectivity index (χ0) is 23.9. The summed E-state index contributed by atoms with van der Waals surface area (Å²) in [6.07, 6.45) is 6.35. The quantitative estimate of drug-likeness (QED) is 0.439. The molecule has 1 heterocycles. The average Bonchev–Trinajstić information content (AvgIpc) is 3.37. The summed E-state index contributed by atoms with van der Waals surface area (Å²) < 4.78 is 17.0. The van der Waals surface area contributed by atoms with Gasteiger partial charge in [-0.3, -0.25) is 4.79 Å². The number of carbonyl (C=O) groups excluding carboxylic acids is 1. The van der Waals surface area contributed by atoms with E-state index in [1.165, 1.54) is 18.9 Å². The molecule has 0 radical (unpaired) electrons. The van der Waals surface area contributed by atoms with Crippen molar-refractivity contribution in [2.45, 2.75) is 45.3 Å². The molecule has 1 aromatic heterocycles. The summed E-state index contributed by atoms with van der Waals surface area (Å²) in [5, 5.41) is 0. The maximum absolute atomic E-state index is 12.1. The lowest BCUT2D eigenvalue weighted by Gasteiger charge is -2.27. The fourth-order valence-corrected chi connectivity index (χ4v) is 4.16. The summed E-state index contributed by atoms with van der Waals surface area (Å²) in [6, 6.07) is 16.5. The number of benzene rings is 2. The molecule has 1 aliphatic carbocycles. The van der Waals surface area contributed by atoms with Crippen molar-refractivity contribution in [3.05, 3.63) is 82.3 Å². The largest absolute Gasteiger partial charge is 0.493 e. The number of hydrogen-bond donors (Lipinski definition) is 1. The number of rotatable bonds is 9. The van der Waals surface area contributed by atoms with Crippen molar-refractivity contribution in [2.24, 2.45) is 0 Å². The molecule has 0 saturated heterocycles. The number of esters is 1. The third kappa shape index (κ3) is 5.60. The van der Waals surface area contributed by atoms with Crippen molar-refractivity contribution >= 4 is 17.3 Å². The summed E-state index contributed by atoms with van der Waals surface area (Å²) >= 11 is 0. The van der Waals surface area contributed by atoms with E-state index in [2.05, 4.69) is 9.88 Å². The smallest absolute Gasteiger partial charge is 0.338 e. The molecule has 1 aliphatic rings. The van der Waals surface area contributed by atoms with Gasteiger partial charge in [0.15, 0.2) is 11.5 Å². The van der Waals surface area contributed by atoms with E-state index in [9.17, 15) is 9.59 Å². The number of ether oxygens (including phenoxy) is 3. The Kier molecular flexibility index (Phi) is 7.52. The number of nitrogens with zero attached hydrogens (tertiary/aromatic N) is 1. The lowest BCUT2D eigenvalue weighted by atomic mass is 10.1. The normalized spacial score (nSPS) is 13.5. The van der Waals surface area contributed by atoms with Crippen LogP contribution in [0.5, 0.6) is 11.5 Å². The van der Waals surface area contributed by atoms with E-state index in [1.807, 2.05) is 30.3 Å². The minimum absolute atomic E-state index is 0.147. The predicted molar refractivity (Wildman–Crippen MR) is 131 cm³/mol. The zero-order valence-corrected chi connectivity index (χ0v) is 19.6. The Morgan fingerprint density at radius 3 is 2.38 bits per heavy atom. The molecule has 4 rings (SSSR count). The summed E-state index contributed by atoms with van der Waals surface area (Å²) in [7, 11) is 1.64. The molecule has 2 aromatic carbocycles. The van der Waals surface area contributed by atoms with Gasteiger partial charge in [-0.05, 0) is 74.6 Å². The Morgan fingerprint density at radius 1 is 1.00 bits per heavy atom. The second-order valence-electron chi connectivity index (χ2n) is 8.27. The van der Waals surface area contributed by atoms with Gasteiger partial charge in [0.2, 0.25) is 5.56 Å². The maximum atomic E-state index is 12.1. The van der Waals surface area contributed by atoms with Gasteiger partial charge in [-0.25, -0.2) is 4.79 Å². The summed E-state index contributed by atoms with van der Waals surface area (Å²) in [4.78, 5) is 28.5. The minimum atomic E-state index is -0.349. The van der Waals surface area contributed by atoms with Gasteiger partial charge in [0, 0.05) is 36.2 Å². The molecule has 1 saturated carbocycles. The van der Waals surface area contributed by atoms with Crippen LogP contribution in [0.3, 0.4) is 0 Å². The first-order valence-electron chi connectivity index (χ1n) is 11.6. The van der Waals surface area contributed by atoms with Crippen molar-refractivity contribution < 1.29 is 19.0 Å². The van der Waals surface area contributed by atoms with Crippen LogP contribution in [0.15, 0.2) is 65.6 Å². The molecule has 0 unspecified atom stereocenters. The molecular formula is C27H30N2O5. The van der Waals surface area contributed by atoms with E-state index in [0.717, 1.165) is 29.8 Å². The number of hydrogen-bond acceptors (Lipinski definition) is 6. The number of aromatic amines is 1. The molecule has 3 aromatic rings. The third-order valence-corrected chi connectivity index (χ3v) is 5.93. The van der Waals surface area contributed by atoms with Crippen molar-refractivity contribution in [3.63, 3.8) is 0 Å². The van der Waals surface area contributed by atoms with E-state index in [-0.39, 0.29) is 17.6 Å². The zero-order valence-electron chi connectivity index (χ0n) is 19.6. The molecule has 0 atom stereocenters. The number of aromatic nitrogens is 1. The Hall–Kier alpha value is -3.74. The topological polar surface area (TPSA) is 80.9 Å². The first kappa shape index (κ1) is 23.4. The number of methoxy groups -OCH3 is 1. The maximum Gasteiger partial charge on any atom is 0.338 e. The average molecular weight is 463 g/mol. The van der Waals surface area contributed by atoms with Crippen molar-refractivity contribution in [2.75, 3.05) is 18.6 Å². The monoisotopic (exact) mass is 462 g/mol. The van der Waals surface area contributed by atoms with E-state index < -0.39 is 0 Å². The molecule has 0 bridgehead atoms. The highest BCUT2D eigenvalue weighted by Gasteiger charge is 2.20. The van der Waals surface area contributed by atoms with Gasteiger partial charge in [-0.2, -0.15) is 0 Å². The summed E-state index contributed by atoms with van der Waals surface area (Å²) in [5.41, 5.74) is 3.07. The predicted octanol–water partition coefficient (Wildman–Crippen LogP) is 5.22. The number of anilines is 2. The molecule has 1 fully saturated rings. The van der Waals surface area contributed by atoms with Crippen LogP contribution in [-0.2, 0) is 11.3 Å². The van der Waals surface area contributed by atoms with Crippen LogP contribution in [0.1, 0.15) is 48.5 Å². The van der Waals surface area contributed by atoms with Gasteiger partial charge in [0.1, 0.15) is 0 Å². The first-order chi connectivity index (χ1) is 16.6. The van der Waals surface area contributed by atoms with Crippen LogP contribution in [0.4, 0.5) is 11.4 Å². The SMILES string of the molecule is CCOC(=O)c1ccc(N(Cc2ccc(=O)[nH]c2)c2ccc(OC)c(OC3CCCC3)c2)cc1. The Bertz CT molecular complexity index is 1150.